The molecule has 0 aromatic rings. The zero-order valence-electron chi connectivity index (χ0n) is 16.6. The van der Waals surface area contributed by atoms with Gasteiger partial charge in [0, 0.05) is 0 Å². The monoisotopic (exact) mass is 366 g/mol. The van der Waals surface area contributed by atoms with Gasteiger partial charge in [-0.2, -0.15) is 0 Å². The number of hydrogen-bond donors (Lipinski definition) is 1. The molecule has 1 aliphatic rings. The molecule has 1 aliphatic carbocycles. The van der Waals surface area contributed by atoms with Crippen molar-refractivity contribution in [2.24, 2.45) is 11.8 Å². The summed E-state index contributed by atoms with van der Waals surface area (Å²) in [7, 11) is 0. The van der Waals surface area contributed by atoms with Gasteiger partial charge in [-0.3, -0.25) is 9.59 Å². The number of unbranched alkanes of at least 4 members (excludes halogenated alkanes) is 9. The summed E-state index contributed by atoms with van der Waals surface area (Å²) in [6.45, 7) is 2.51. The standard InChI is InChI=1S/C22H38O4/c1-2-3-4-5-6-7-8-9-10-11-12-15-18-26-22(25)20-17-14-13-16-19(20)21(23)24/h2-3,19-20H,4-18H2,1H3,(H,23,24)/b3-2+. The van der Waals surface area contributed by atoms with Crippen molar-refractivity contribution >= 4 is 11.9 Å². The van der Waals surface area contributed by atoms with Gasteiger partial charge in [-0.25, -0.2) is 0 Å². The molecule has 2 unspecified atom stereocenters. The zero-order chi connectivity index (χ0) is 19.0. The van der Waals surface area contributed by atoms with E-state index in [-0.39, 0.29) is 5.97 Å². The SMILES string of the molecule is C/C=C/CCCCCCCCCCCOC(=O)C1CCCCC1C(=O)O. The van der Waals surface area contributed by atoms with Crippen LogP contribution in [-0.4, -0.2) is 23.7 Å². The fourth-order valence-corrected chi connectivity index (χ4v) is 3.76. The van der Waals surface area contributed by atoms with E-state index in [1.165, 1.54) is 51.4 Å². The molecule has 4 nitrogen and oxygen atoms in total. The smallest absolute Gasteiger partial charge is 0.309 e. The summed E-state index contributed by atoms with van der Waals surface area (Å²) in [6.07, 6.45) is 19.7. The molecule has 2 atom stereocenters. The summed E-state index contributed by atoms with van der Waals surface area (Å²) >= 11 is 0. The first-order valence-corrected chi connectivity index (χ1v) is 10.7. The van der Waals surface area contributed by atoms with Crippen LogP contribution in [0.15, 0.2) is 12.2 Å². The van der Waals surface area contributed by atoms with Crippen LogP contribution in [0, 0.1) is 11.8 Å². The van der Waals surface area contributed by atoms with Crippen molar-refractivity contribution < 1.29 is 19.4 Å². The lowest BCUT2D eigenvalue weighted by atomic mass is 9.79. The summed E-state index contributed by atoms with van der Waals surface area (Å²) in [5.41, 5.74) is 0. The van der Waals surface area contributed by atoms with E-state index in [0.717, 1.165) is 25.7 Å². The molecular formula is C22H38O4. The second-order valence-electron chi connectivity index (χ2n) is 7.54. The molecule has 0 amide bonds. The van der Waals surface area contributed by atoms with Crippen LogP contribution in [0.5, 0.6) is 0 Å². The highest BCUT2D eigenvalue weighted by molar-refractivity contribution is 5.81. The van der Waals surface area contributed by atoms with Crippen LogP contribution in [0.3, 0.4) is 0 Å². The fourth-order valence-electron chi connectivity index (χ4n) is 3.76. The number of carboxylic acid groups (broad SMARTS) is 1. The number of hydrogen-bond acceptors (Lipinski definition) is 3. The lowest BCUT2D eigenvalue weighted by molar-refractivity contribution is -0.159. The van der Waals surface area contributed by atoms with Gasteiger partial charge >= 0.3 is 11.9 Å². The van der Waals surface area contributed by atoms with Gasteiger partial charge in [0.1, 0.15) is 0 Å². The van der Waals surface area contributed by atoms with Crippen LogP contribution in [0.1, 0.15) is 96.8 Å². The number of aliphatic carboxylic acids is 1. The van der Waals surface area contributed by atoms with E-state index in [0.29, 0.717) is 19.4 Å². The minimum atomic E-state index is -0.853. The van der Waals surface area contributed by atoms with Gasteiger partial charge < -0.3 is 9.84 Å². The van der Waals surface area contributed by atoms with Gasteiger partial charge in [-0.15, -0.1) is 0 Å². The Morgan fingerprint density at radius 2 is 1.42 bits per heavy atom. The molecule has 0 saturated heterocycles. The van der Waals surface area contributed by atoms with Gasteiger partial charge in [-0.1, -0.05) is 69.9 Å². The molecule has 26 heavy (non-hydrogen) atoms. The van der Waals surface area contributed by atoms with Crippen molar-refractivity contribution in [3.05, 3.63) is 12.2 Å². The van der Waals surface area contributed by atoms with Crippen LogP contribution in [0.25, 0.3) is 0 Å². The Morgan fingerprint density at radius 3 is 2.00 bits per heavy atom. The van der Waals surface area contributed by atoms with Crippen LogP contribution in [0.4, 0.5) is 0 Å². The molecule has 0 heterocycles. The summed E-state index contributed by atoms with van der Waals surface area (Å²) in [6, 6.07) is 0. The largest absolute Gasteiger partial charge is 0.481 e. The first-order valence-electron chi connectivity index (χ1n) is 10.7. The highest BCUT2D eigenvalue weighted by Gasteiger charge is 2.36. The molecule has 150 valence electrons. The lowest BCUT2D eigenvalue weighted by Crippen LogP contribution is -2.33. The van der Waals surface area contributed by atoms with Gasteiger partial charge in [0.15, 0.2) is 0 Å². The van der Waals surface area contributed by atoms with Crippen LogP contribution in [0.2, 0.25) is 0 Å². The highest BCUT2D eigenvalue weighted by Crippen LogP contribution is 2.31. The number of allylic oxidation sites excluding steroid dienone is 2. The van der Waals surface area contributed by atoms with Crippen LogP contribution < -0.4 is 0 Å². The molecule has 1 fully saturated rings. The maximum absolute atomic E-state index is 12.1. The Balaban J connectivity index is 1.95. The van der Waals surface area contributed by atoms with Crippen molar-refractivity contribution in [1.29, 1.82) is 0 Å². The predicted molar refractivity (Wildman–Crippen MR) is 105 cm³/mol. The molecule has 1 N–H and O–H groups in total. The number of carbonyl (C=O) groups is 2. The maximum atomic E-state index is 12.1. The van der Waals surface area contributed by atoms with Crippen molar-refractivity contribution in [3.8, 4) is 0 Å². The third-order valence-electron chi connectivity index (χ3n) is 5.38. The molecule has 0 bridgehead atoms. The highest BCUT2D eigenvalue weighted by atomic mass is 16.5. The number of ether oxygens (including phenoxy) is 1. The normalized spacial score (nSPS) is 20.3. The van der Waals surface area contributed by atoms with Crippen LogP contribution in [-0.2, 0) is 14.3 Å². The molecule has 0 spiro atoms. The van der Waals surface area contributed by atoms with E-state index >= 15 is 0 Å². The minimum Gasteiger partial charge on any atom is -0.481 e. The van der Waals surface area contributed by atoms with E-state index < -0.39 is 17.8 Å². The van der Waals surface area contributed by atoms with Crippen molar-refractivity contribution in [2.75, 3.05) is 6.61 Å². The average molecular weight is 367 g/mol. The Kier molecular flexibility index (Phi) is 12.9. The van der Waals surface area contributed by atoms with Crippen molar-refractivity contribution in [1.82, 2.24) is 0 Å². The van der Waals surface area contributed by atoms with Gasteiger partial charge in [-0.05, 0) is 39.0 Å². The van der Waals surface area contributed by atoms with Gasteiger partial charge in [0.25, 0.3) is 0 Å². The number of rotatable bonds is 14. The Morgan fingerprint density at radius 1 is 0.885 bits per heavy atom. The Hall–Kier alpha value is -1.32. The molecule has 0 aliphatic heterocycles. The Bertz CT molecular complexity index is 416. The quantitative estimate of drug-likeness (QED) is 0.236. The Labute approximate surface area is 159 Å². The summed E-state index contributed by atoms with van der Waals surface area (Å²) in [5.74, 6) is -2.13. The van der Waals surface area contributed by atoms with Crippen molar-refractivity contribution in [3.63, 3.8) is 0 Å². The predicted octanol–water partition coefficient (Wildman–Crippen LogP) is 5.90. The number of carbonyl (C=O) groups excluding carboxylic acids is 1. The second-order valence-corrected chi connectivity index (χ2v) is 7.54. The summed E-state index contributed by atoms with van der Waals surface area (Å²) in [5, 5.41) is 9.23. The third kappa shape index (κ3) is 9.98. The fraction of sp³-hybridized carbons (Fsp3) is 0.818. The molecule has 1 saturated carbocycles. The topological polar surface area (TPSA) is 63.6 Å². The van der Waals surface area contributed by atoms with E-state index in [2.05, 4.69) is 19.1 Å². The first kappa shape index (κ1) is 22.7. The van der Waals surface area contributed by atoms with Crippen LogP contribution >= 0.6 is 0 Å². The molecular weight excluding hydrogens is 328 g/mol. The summed E-state index contributed by atoms with van der Waals surface area (Å²) in [4.78, 5) is 23.4. The average Bonchev–Trinajstić information content (AvgIpc) is 2.65. The van der Waals surface area contributed by atoms with Crippen molar-refractivity contribution in [2.45, 2.75) is 96.8 Å². The van der Waals surface area contributed by atoms with Gasteiger partial charge in [0.2, 0.25) is 0 Å². The third-order valence-corrected chi connectivity index (χ3v) is 5.38. The molecule has 4 heteroatoms. The second kappa shape index (κ2) is 14.8. The number of carboxylic acids is 1. The molecule has 0 aromatic heterocycles. The summed E-state index contributed by atoms with van der Waals surface area (Å²) < 4.78 is 5.35. The number of esters is 1. The molecule has 0 radical (unpaired) electrons. The van der Waals surface area contributed by atoms with Gasteiger partial charge in [0.05, 0.1) is 18.4 Å². The zero-order valence-corrected chi connectivity index (χ0v) is 16.6. The molecule has 0 aromatic carbocycles. The molecule has 1 rings (SSSR count). The van der Waals surface area contributed by atoms with E-state index in [1.807, 2.05) is 0 Å². The van der Waals surface area contributed by atoms with E-state index in [4.69, 9.17) is 4.74 Å². The van der Waals surface area contributed by atoms with E-state index in [9.17, 15) is 14.7 Å². The maximum Gasteiger partial charge on any atom is 0.309 e. The lowest BCUT2D eigenvalue weighted by Gasteiger charge is -2.26. The minimum absolute atomic E-state index is 0.296. The first-order chi connectivity index (χ1) is 12.7. The van der Waals surface area contributed by atoms with E-state index in [1.54, 1.807) is 0 Å².